The van der Waals surface area contributed by atoms with Gasteiger partial charge in [0.1, 0.15) is 19.0 Å². The molecule has 2 amide bonds. The zero-order valence-electron chi connectivity index (χ0n) is 23.6. The molecule has 2 aliphatic rings. The largest absolute Gasteiger partial charge is 0.497 e. The minimum Gasteiger partial charge on any atom is -0.497 e. The molecular formula is C32H36ClN3O5. The third kappa shape index (κ3) is 7.13. The molecule has 3 aromatic rings. The van der Waals surface area contributed by atoms with Crippen molar-refractivity contribution in [3.05, 3.63) is 82.4 Å². The maximum absolute atomic E-state index is 13.9. The fraction of sp³-hybridized carbons (Fsp3) is 0.375. The molecule has 0 bridgehead atoms. The molecule has 0 aliphatic carbocycles. The molecule has 0 saturated heterocycles. The van der Waals surface area contributed by atoms with Crippen LogP contribution in [0.5, 0.6) is 17.2 Å². The Kier molecular flexibility index (Phi) is 9.31. The number of amides is 2. The van der Waals surface area contributed by atoms with Gasteiger partial charge in [0, 0.05) is 51.9 Å². The predicted molar refractivity (Wildman–Crippen MR) is 159 cm³/mol. The molecule has 5 rings (SSSR count). The van der Waals surface area contributed by atoms with Gasteiger partial charge in [-0.15, -0.1) is 0 Å². The minimum atomic E-state index is -0.0255. The van der Waals surface area contributed by atoms with E-state index in [4.69, 9.17) is 25.8 Å². The first-order valence-corrected chi connectivity index (χ1v) is 14.4. The maximum Gasteiger partial charge on any atom is 0.227 e. The number of carbonyl (C=O) groups excluding carboxylic acids is 2. The van der Waals surface area contributed by atoms with Crippen molar-refractivity contribution in [1.82, 2.24) is 9.80 Å². The fourth-order valence-corrected chi connectivity index (χ4v) is 5.71. The molecular weight excluding hydrogens is 542 g/mol. The number of methoxy groups -OCH3 is 1. The van der Waals surface area contributed by atoms with E-state index in [1.165, 1.54) is 0 Å². The maximum atomic E-state index is 13.9. The van der Waals surface area contributed by atoms with Gasteiger partial charge in [0.2, 0.25) is 11.8 Å². The van der Waals surface area contributed by atoms with E-state index in [-0.39, 0.29) is 18.2 Å². The van der Waals surface area contributed by atoms with Crippen LogP contribution in [0.4, 0.5) is 5.69 Å². The van der Waals surface area contributed by atoms with Crippen molar-refractivity contribution in [2.45, 2.75) is 32.9 Å². The molecule has 0 atom stereocenters. The Morgan fingerprint density at radius 3 is 2.59 bits per heavy atom. The highest BCUT2D eigenvalue weighted by atomic mass is 35.5. The first kappa shape index (κ1) is 28.8. The van der Waals surface area contributed by atoms with Crippen LogP contribution in [0.3, 0.4) is 0 Å². The van der Waals surface area contributed by atoms with Crippen molar-refractivity contribution in [2.75, 3.05) is 51.4 Å². The van der Waals surface area contributed by atoms with E-state index in [1.807, 2.05) is 58.3 Å². The molecule has 8 nitrogen and oxygen atoms in total. The number of halogens is 1. The van der Waals surface area contributed by atoms with Gasteiger partial charge in [-0.05, 0) is 53.4 Å². The Morgan fingerprint density at radius 2 is 1.76 bits per heavy atom. The topological polar surface area (TPSA) is 71.6 Å². The lowest BCUT2D eigenvalue weighted by Gasteiger charge is -2.28. The summed E-state index contributed by atoms with van der Waals surface area (Å²) in [5.41, 5.74) is 3.69. The Labute approximate surface area is 246 Å². The van der Waals surface area contributed by atoms with Crippen LogP contribution in [-0.4, -0.2) is 68.1 Å². The summed E-state index contributed by atoms with van der Waals surface area (Å²) in [6.45, 7) is 6.20. The third-order valence-electron chi connectivity index (χ3n) is 7.47. The summed E-state index contributed by atoms with van der Waals surface area (Å²) in [7, 11) is 1.67. The number of fused-ring (bicyclic) bond motifs is 2. The standard InChI is InChI=1S/C32H36ClN3O5/c1-23(37)36-12-6-11-34(21-24-7-5-9-27(17-24)39-2)13-14-35(22-26-8-3-4-10-29(26)36)31(38)20-25-18-28(33)32-30(19-25)40-15-16-41-32/h3-5,7-10,17-19H,6,11-16,20-22H2,1-2H3. The van der Waals surface area contributed by atoms with Gasteiger partial charge in [-0.3, -0.25) is 14.5 Å². The summed E-state index contributed by atoms with van der Waals surface area (Å²) in [5.74, 6) is 1.86. The average molecular weight is 578 g/mol. The number of nitrogens with zero attached hydrogens (tertiary/aromatic N) is 3. The van der Waals surface area contributed by atoms with Crippen molar-refractivity contribution >= 4 is 29.1 Å². The quantitative estimate of drug-likeness (QED) is 0.427. The van der Waals surface area contributed by atoms with Gasteiger partial charge in [-0.25, -0.2) is 0 Å². The summed E-state index contributed by atoms with van der Waals surface area (Å²) >= 11 is 6.47. The number of hydrogen-bond donors (Lipinski definition) is 0. The zero-order valence-corrected chi connectivity index (χ0v) is 24.4. The molecule has 9 heteroatoms. The van der Waals surface area contributed by atoms with E-state index < -0.39 is 0 Å². The molecule has 0 spiro atoms. The van der Waals surface area contributed by atoms with Crippen LogP contribution in [-0.2, 0) is 29.1 Å². The molecule has 0 N–H and O–H groups in total. The van der Waals surface area contributed by atoms with Crippen LogP contribution in [0.15, 0.2) is 60.7 Å². The minimum absolute atomic E-state index is 0.0140. The number of anilines is 1. The summed E-state index contributed by atoms with van der Waals surface area (Å²) in [4.78, 5) is 32.7. The van der Waals surface area contributed by atoms with E-state index in [0.29, 0.717) is 62.5 Å². The van der Waals surface area contributed by atoms with Crippen molar-refractivity contribution in [3.63, 3.8) is 0 Å². The number of hydrogen-bond acceptors (Lipinski definition) is 6. The van der Waals surface area contributed by atoms with Crippen LogP contribution in [0, 0.1) is 0 Å². The van der Waals surface area contributed by atoms with Gasteiger partial charge >= 0.3 is 0 Å². The van der Waals surface area contributed by atoms with E-state index in [1.54, 1.807) is 20.1 Å². The predicted octanol–water partition coefficient (Wildman–Crippen LogP) is 4.95. The lowest BCUT2D eigenvalue weighted by Crippen LogP contribution is -2.39. The second-order valence-corrected chi connectivity index (χ2v) is 10.8. The summed E-state index contributed by atoms with van der Waals surface area (Å²) < 4.78 is 16.8. The number of carbonyl (C=O) groups is 2. The Morgan fingerprint density at radius 1 is 0.927 bits per heavy atom. The second kappa shape index (κ2) is 13.3. The molecule has 3 aromatic carbocycles. The van der Waals surface area contributed by atoms with Gasteiger partial charge in [-0.1, -0.05) is 41.9 Å². The van der Waals surface area contributed by atoms with Crippen LogP contribution in [0.1, 0.15) is 30.0 Å². The van der Waals surface area contributed by atoms with Gasteiger partial charge in [0.15, 0.2) is 11.5 Å². The number of ether oxygens (including phenoxy) is 3. The normalized spacial score (nSPS) is 16.0. The monoisotopic (exact) mass is 577 g/mol. The third-order valence-corrected chi connectivity index (χ3v) is 7.75. The highest BCUT2D eigenvalue weighted by Gasteiger charge is 2.24. The lowest BCUT2D eigenvalue weighted by atomic mass is 10.1. The van der Waals surface area contributed by atoms with Crippen LogP contribution >= 0.6 is 11.6 Å². The smallest absolute Gasteiger partial charge is 0.227 e. The van der Waals surface area contributed by atoms with Gasteiger partial charge in [0.05, 0.1) is 18.6 Å². The summed E-state index contributed by atoms with van der Waals surface area (Å²) in [6.07, 6.45) is 0.979. The average Bonchev–Trinajstić information content (AvgIpc) is 3.00. The molecule has 0 unspecified atom stereocenters. The van der Waals surface area contributed by atoms with Gasteiger partial charge in [-0.2, -0.15) is 0 Å². The molecule has 0 radical (unpaired) electrons. The van der Waals surface area contributed by atoms with E-state index >= 15 is 0 Å². The van der Waals surface area contributed by atoms with E-state index in [2.05, 4.69) is 11.0 Å². The van der Waals surface area contributed by atoms with Gasteiger partial charge < -0.3 is 24.0 Å². The SMILES string of the molecule is COc1cccc(CN2CCCN(C(C)=O)c3ccccc3CN(C(=O)Cc3cc(Cl)c4c(c3)OCCO4)CC2)c1. The molecule has 0 aromatic heterocycles. The highest BCUT2D eigenvalue weighted by Crippen LogP contribution is 2.38. The summed E-state index contributed by atoms with van der Waals surface area (Å²) in [6, 6.07) is 19.5. The Bertz CT molecular complexity index is 1400. The van der Waals surface area contributed by atoms with Gasteiger partial charge in [0.25, 0.3) is 0 Å². The second-order valence-electron chi connectivity index (χ2n) is 10.4. The highest BCUT2D eigenvalue weighted by molar-refractivity contribution is 6.32. The Hall–Kier alpha value is -3.75. The van der Waals surface area contributed by atoms with Crippen molar-refractivity contribution in [1.29, 1.82) is 0 Å². The van der Waals surface area contributed by atoms with Crippen LogP contribution < -0.4 is 19.1 Å². The lowest BCUT2D eigenvalue weighted by molar-refractivity contribution is -0.131. The molecule has 2 aliphatic heterocycles. The Balaban J connectivity index is 1.42. The first-order valence-electron chi connectivity index (χ1n) is 14.0. The number of para-hydroxylation sites is 1. The van der Waals surface area contributed by atoms with Crippen molar-refractivity contribution in [2.24, 2.45) is 0 Å². The van der Waals surface area contributed by atoms with Crippen molar-refractivity contribution < 1.29 is 23.8 Å². The number of benzene rings is 3. The molecule has 216 valence electrons. The fourth-order valence-electron chi connectivity index (χ4n) is 5.42. The van der Waals surface area contributed by atoms with Crippen LogP contribution in [0.2, 0.25) is 5.02 Å². The first-order chi connectivity index (χ1) is 19.9. The zero-order chi connectivity index (χ0) is 28.8. The summed E-state index contributed by atoms with van der Waals surface area (Å²) in [5, 5.41) is 0.439. The van der Waals surface area contributed by atoms with E-state index in [0.717, 1.165) is 41.1 Å². The van der Waals surface area contributed by atoms with Crippen molar-refractivity contribution in [3.8, 4) is 17.2 Å². The number of rotatable bonds is 5. The van der Waals surface area contributed by atoms with Crippen LogP contribution in [0.25, 0.3) is 0 Å². The van der Waals surface area contributed by atoms with E-state index in [9.17, 15) is 9.59 Å². The molecule has 0 saturated carbocycles. The molecule has 0 fully saturated rings. The molecule has 41 heavy (non-hydrogen) atoms. The molecule has 2 heterocycles.